The van der Waals surface area contributed by atoms with E-state index in [9.17, 15) is 9.32 Å². The highest BCUT2D eigenvalue weighted by Gasteiger charge is 2.17. The summed E-state index contributed by atoms with van der Waals surface area (Å²) in [6.45, 7) is -0.243. The second-order valence-corrected chi connectivity index (χ2v) is 7.65. The molecule has 4 aromatic rings. The topological polar surface area (TPSA) is 104 Å². The maximum Gasteiger partial charge on any atom is 0.240 e. The number of rotatable bonds is 10. The number of carbonyl (C=O) groups is 1. The first-order valence-electron chi connectivity index (χ1n) is 10.8. The van der Waals surface area contributed by atoms with Crippen LogP contribution in [0.5, 0.6) is 11.5 Å². The van der Waals surface area contributed by atoms with Gasteiger partial charge >= 0.3 is 0 Å². The predicted molar refractivity (Wildman–Crippen MR) is 128 cm³/mol. The third-order valence-corrected chi connectivity index (χ3v) is 5.29. The Labute approximate surface area is 201 Å². The molecular weight excluding hydrogens is 455 g/mol. The number of anilines is 2. The van der Waals surface area contributed by atoms with Crippen LogP contribution < -0.4 is 19.7 Å². The Hall–Kier alpha value is -4.25. The van der Waals surface area contributed by atoms with Crippen molar-refractivity contribution in [2.75, 3.05) is 38.8 Å². The molecule has 0 fully saturated rings. The van der Waals surface area contributed by atoms with Gasteiger partial charge in [-0.1, -0.05) is 0 Å². The molecule has 0 aliphatic heterocycles. The van der Waals surface area contributed by atoms with Crippen LogP contribution in [0, 0.1) is 0 Å². The zero-order chi connectivity index (χ0) is 24.8. The van der Waals surface area contributed by atoms with E-state index in [0.717, 1.165) is 5.56 Å². The fraction of sp³-hybridized carbons (Fsp3) is 0.250. The van der Waals surface area contributed by atoms with Crippen molar-refractivity contribution in [2.24, 2.45) is 7.05 Å². The molecule has 1 amide bonds. The average molecular weight is 481 g/mol. The van der Waals surface area contributed by atoms with Gasteiger partial charge in [0.15, 0.2) is 0 Å². The summed E-state index contributed by atoms with van der Waals surface area (Å²) in [6.07, 6.45) is 5.28. The van der Waals surface area contributed by atoms with Crippen molar-refractivity contribution in [3.63, 3.8) is 0 Å². The quantitative estimate of drug-likeness (QED) is 0.345. The zero-order valence-corrected chi connectivity index (χ0v) is 19.6. The summed E-state index contributed by atoms with van der Waals surface area (Å²) in [4.78, 5) is 27.3. The number of benzene rings is 2. The number of ether oxygens (including phenoxy) is 2. The minimum Gasteiger partial charge on any atom is -0.497 e. The molecule has 4 rings (SSSR count). The molecule has 2 heterocycles. The number of carbonyl (C=O) groups excluding carboxylic acids is 1. The van der Waals surface area contributed by atoms with E-state index < -0.39 is 0 Å². The molecule has 10 nitrogen and oxygen atoms in total. The lowest BCUT2D eigenvalue weighted by atomic mass is 10.2. The molecule has 35 heavy (non-hydrogen) atoms. The summed E-state index contributed by atoms with van der Waals surface area (Å²) in [5, 5.41) is 6.83. The summed E-state index contributed by atoms with van der Waals surface area (Å²) in [5.41, 5.74) is 4.23. The van der Waals surface area contributed by atoms with Gasteiger partial charge in [-0.2, -0.15) is 10.0 Å². The molecule has 0 radical (unpaired) electrons. The second kappa shape index (κ2) is 10.8. The number of nitrogens with one attached hydrogen (secondary N) is 1. The average Bonchev–Trinajstić information content (AvgIpc) is 3.32. The van der Waals surface area contributed by atoms with Crippen molar-refractivity contribution in [2.45, 2.75) is 0 Å². The van der Waals surface area contributed by atoms with E-state index >= 15 is 0 Å². The Bertz CT molecular complexity index is 1310. The Morgan fingerprint density at radius 1 is 1.06 bits per heavy atom. The van der Waals surface area contributed by atoms with E-state index in [1.165, 1.54) is 0 Å². The van der Waals surface area contributed by atoms with Gasteiger partial charge < -0.3 is 19.7 Å². The van der Waals surface area contributed by atoms with Crippen LogP contribution in [0.2, 0.25) is 0 Å². The van der Waals surface area contributed by atoms with Crippen molar-refractivity contribution in [1.82, 2.24) is 25.1 Å². The second-order valence-electron chi connectivity index (χ2n) is 7.65. The van der Waals surface area contributed by atoms with Gasteiger partial charge in [0.05, 0.1) is 43.3 Å². The summed E-state index contributed by atoms with van der Waals surface area (Å²) in [5.74, 6) is 0.809. The number of hydrogen-bond donors (Lipinski definition) is 1. The predicted octanol–water partition coefficient (Wildman–Crippen LogP) is 3.20. The summed E-state index contributed by atoms with van der Waals surface area (Å²) < 4.78 is 24.5. The molecule has 0 spiro atoms. The SMILES string of the molecule is COc1cc(OC)cc(N(CC(=O)NCCOF)c2ccc3ncc(-c4cnn(C)c4)nc3c2)c1. The van der Waals surface area contributed by atoms with Gasteiger partial charge in [0.1, 0.15) is 24.7 Å². The third-order valence-electron chi connectivity index (χ3n) is 5.29. The highest BCUT2D eigenvalue weighted by Crippen LogP contribution is 2.34. The lowest BCUT2D eigenvalue weighted by Crippen LogP contribution is -2.36. The summed E-state index contributed by atoms with van der Waals surface area (Å²) in [6, 6.07) is 10.9. The van der Waals surface area contributed by atoms with E-state index in [1.807, 2.05) is 31.4 Å². The molecule has 2 aromatic carbocycles. The molecule has 1 N–H and O–H groups in total. The summed E-state index contributed by atoms with van der Waals surface area (Å²) >= 11 is 0. The van der Waals surface area contributed by atoms with Gasteiger partial charge in [0.2, 0.25) is 5.91 Å². The highest BCUT2D eigenvalue weighted by molar-refractivity contribution is 5.88. The smallest absolute Gasteiger partial charge is 0.240 e. The van der Waals surface area contributed by atoms with Crippen molar-refractivity contribution >= 4 is 28.3 Å². The third kappa shape index (κ3) is 5.64. The maximum absolute atomic E-state index is 12.7. The molecule has 2 aromatic heterocycles. The van der Waals surface area contributed by atoms with Crippen molar-refractivity contribution in [1.29, 1.82) is 0 Å². The first-order valence-corrected chi connectivity index (χ1v) is 10.8. The van der Waals surface area contributed by atoms with Crippen LogP contribution in [0.1, 0.15) is 0 Å². The Morgan fingerprint density at radius 3 is 2.49 bits per heavy atom. The Kier molecular flexibility index (Phi) is 7.36. The molecule has 0 atom stereocenters. The minimum absolute atomic E-state index is 0.0439. The molecule has 0 aliphatic rings. The number of hydrogen-bond acceptors (Lipinski definition) is 8. The van der Waals surface area contributed by atoms with E-state index in [2.05, 4.69) is 20.3 Å². The minimum atomic E-state index is -0.320. The number of methoxy groups -OCH3 is 2. The largest absolute Gasteiger partial charge is 0.497 e. The van der Waals surface area contributed by atoms with E-state index in [1.54, 1.807) is 54.4 Å². The van der Waals surface area contributed by atoms with Gasteiger partial charge in [0, 0.05) is 54.9 Å². The standard InChI is InChI=1S/C24H25FN6O4/c1-30-14-16(12-28-30)23-13-27-21-5-4-17(10-22(21)29-23)31(15-24(32)26-6-7-35-25)18-8-19(33-2)11-20(9-18)34-3/h4-5,8-14H,6-7,15H2,1-3H3,(H,26,32). The number of nitrogens with zero attached hydrogens (tertiary/aromatic N) is 5. The Morgan fingerprint density at radius 2 is 1.83 bits per heavy atom. The van der Waals surface area contributed by atoms with E-state index in [0.29, 0.717) is 39.6 Å². The maximum atomic E-state index is 12.7. The summed E-state index contributed by atoms with van der Waals surface area (Å²) in [7, 11) is 4.94. The Balaban J connectivity index is 1.75. The van der Waals surface area contributed by atoms with Crippen LogP contribution in [0.4, 0.5) is 15.9 Å². The van der Waals surface area contributed by atoms with Crippen LogP contribution in [0.25, 0.3) is 22.3 Å². The first-order chi connectivity index (χ1) is 17.0. The van der Waals surface area contributed by atoms with Crippen LogP contribution in [0.3, 0.4) is 0 Å². The van der Waals surface area contributed by atoms with Crippen LogP contribution >= 0.6 is 0 Å². The highest BCUT2D eigenvalue weighted by atomic mass is 19.3. The van der Waals surface area contributed by atoms with Crippen LogP contribution in [-0.4, -0.2) is 59.6 Å². The molecule has 0 aliphatic carbocycles. The van der Waals surface area contributed by atoms with Crippen molar-refractivity contribution in [3.05, 3.63) is 55.0 Å². The molecular formula is C24H25FN6O4. The monoisotopic (exact) mass is 480 g/mol. The van der Waals surface area contributed by atoms with Crippen LogP contribution in [0.15, 0.2) is 55.0 Å². The van der Waals surface area contributed by atoms with Gasteiger partial charge in [-0.15, -0.1) is 0 Å². The number of aryl methyl sites for hydroxylation is 1. The van der Waals surface area contributed by atoms with Gasteiger partial charge in [0.25, 0.3) is 0 Å². The van der Waals surface area contributed by atoms with Crippen molar-refractivity contribution in [3.8, 4) is 22.8 Å². The molecule has 0 saturated carbocycles. The van der Waals surface area contributed by atoms with Gasteiger partial charge in [-0.25, -0.2) is 4.98 Å². The lowest BCUT2D eigenvalue weighted by molar-refractivity contribution is -0.134. The molecule has 0 unspecified atom stereocenters. The normalized spacial score (nSPS) is 10.9. The number of amides is 1. The lowest BCUT2D eigenvalue weighted by Gasteiger charge is -2.25. The zero-order valence-electron chi connectivity index (χ0n) is 19.6. The molecule has 182 valence electrons. The number of aromatic nitrogens is 4. The van der Waals surface area contributed by atoms with Crippen molar-refractivity contribution < 1.29 is 23.7 Å². The molecule has 11 heteroatoms. The van der Waals surface area contributed by atoms with E-state index in [-0.39, 0.29) is 25.6 Å². The van der Waals surface area contributed by atoms with Gasteiger partial charge in [-0.05, 0) is 22.7 Å². The fourth-order valence-electron chi connectivity index (χ4n) is 3.57. The van der Waals surface area contributed by atoms with Gasteiger partial charge in [-0.3, -0.25) is 14.5 Å². The van der Waals surface area contributed by atoms with E-state index in [4.69, 9.17) is 14.5 Å². The first kappa shape index (κ1) is 23.9. The number of halogens is 1. The molecule has 0 saturated heterocycles. The number of fused-ring (bicyclic) bond motifs is 1. The van der Waals surface area contributed by atoms with Crippen LogP contribution in [-0.2, 0) is 16.8 Å². The fourth-order valence-corrected chi connectivity index (χ4v) is 3.57. The molecule has 0 bridgehead atoms.